The van der Waals surface area contributed by atoms with Crippen molar-refractivity contribution in [1.82, 2.24) is 14.5 Å². The lowest BCUT2D eigenvalue weighted by molar-refractivity contribution is 0.0235. The molecule has 0 spiro atoms. The Morgan fingerprint density at radius 1 is 1.21 bits per heavy atom. The predicted octanol–water partition coefficient (Wildman–Crippen LogP) is 7.89. The molecule has 1 aromatic carbocycles. The van der Waals surface area contributed by atoms with Crippen LogP contribution in [-0.4, -0.2) is 59.5 Å². The largest absolute Gasteiger partial charge is 0.543 e. The molecule has 3 N–H and O–H groups in total. The summed E-state index contributed by atoms with van der Waals surface area (Å²) in [5.74, 6) is 1.23. The van der Waals surface area contributed by atoms with E-state index in [2.05, 4.69) is 73.2 Å². The van der Waals surface area contributed by atoms with Crippen molar-refractivity contribution in [3.05, 3.63) is 52.3 Å². The zero-order valence-corrected chi connectivity index (χ0v) is 29.6. The number of fused-ring (bicyclic) bond motifs is 1. The Bertz CT molecular complexity index is 1510. The van der Waals surface area contributed by atoms with E-state index in [1.54, 1.807) is 10.7 Å². The number of nitrogens with two attached hydrogens (primary N) is 1. The number of likely N-dealkylation sites (tertiary alicyclic amines) is 1. The molecule has 1 amide bonds. The van der Waals surface area contributed by atoms with E-state index in [1.165, 1.54) is 0 Å². The van der Waals surface area contributed by atoms with Crippen molar-refractivity contribution in [2.75, 3.05) is 18.4 Å². The van der Waals surface area contributed by atoms with Crippen molar-refractivity contribution in [3.8, 4) is 5.75 Å². The normalized spacial score (nSPS) is 16.6. The Hall–Kier alpha value is -3.05. The Morgan fingerprint density at radius 2 is 1.93 bits per heavy atom. The predicted molar refractivity (Wildman–Crippen MR) is 181 cm³/mol. The molecule has 1 aliphatic heterocycles. The van der Waals surface area contributed by atoms with E-state index in [9.17, 15) is 4.79 Å². The van der Waals surface area contributed by atoms with Crippen LogP contribution in [0.3, 0.4) is 0 Å². The first kappa shape index (κ1) is 32.9. The lowest BCUT2D eigenvalue weighted by Crippen LogP contribution is -2.43. The van der Waals surface area contributed by atoms with E-state index in [4.69, 9.17) is 19.9 Å². The lowest BCUT2D eigenvalue weighted by Gasteiger charge is -2.36. The van der Waals surface area contributed by atoms with Crippen LogP contribution in [-0.2, 0) is 11.2 Å². The molecule has 1 saturated heterocycles. The van der Waals surface area contributed by atoms with E-state index >= 15 is 0 Å². The molecule has 3 aromatic rings. The fourth-order valence-corrected chi connectivity index (χ4v) is 6.32. The van der Waals surface area contributed by atoms with Gasteiger partial charge >= 0.3 is 6.09 Å². The van der Waals surface area contributed by atoms with Crippen LogP contribution in [0.4, 0.5) is 16.2 Å². The molecule has 0 radical (unpaired) electrons. The summed E-state index contributed by atoms with van der Waals surface area (Å²) in [6.45, 7) is 20.2. The van der Waals surface area contributed by atoms with Crippen molar-refractivity contribution in [2.24, 2.45) is 10.7 Å². The van der Waals surface area contributed by atoms with E-state index in [1.807, 2.05) is 50.1 Å². The van der Waals surface area contributed by atoms with Crippen molar-refractivity contribution in [2.45, 2.75) is 97.5 Å². The number of amidine groups is 1. The third-order valence-electron chi connectivity index (χ3n) is 8.25. The maximum atomic E-state index is 12.9. The van der Waals surface area contributed by atoms with Gasteiger partial charge in [0, 0.05) is 23.8 Å². The number of benzene rings is 1. The topological polar surface area (TPSA) is 106 Å². The third-order valence-corrected chi connectivity index (χ3v) is 13.0. The molecule has 1 aliphatic rings. The fraction of sp³-hybridized carbons (Fsp3) is 0.531. The SMILES string of the molecule is CCc1cc(O[Si](C)(C)C(C)(C)C)ccc1N=C(N)c1cnn2cc(Br)cc2c1NC[C@@H]1CCCN1C(=O)OC(C)(C)C. The highest BCUT2D eigenvalue weighted by molar-refractivity contribution is 9.10. The average Bonchev–Trinajstić information content (AvgIpc) is 3.52. The molecule has 43 heavy (non-hydrogen) atoms. The number of rotatable bonds is 8. The number of ether oxygens (including phenoxy) is 1. The summed E-state index contributed by atoms with van der Waals surface area (Å²) in [5.41, 5.74) is 10.4. The van der Waals surface area contributed by atoms with Crippen molar-refractivity contribution < 1.29 is 14.0 Å². The highest BCUT2D eigenvalue weighted by Crippen LogP contribution is 2.38. The van der Waals surface area contributed by atoms with Gasteiger partial charge in [-0.3, -0.25) is 0 Å². The van der Waals surface area contributed by atoms with Crippen LogP contribution in [0.2, 0.25) is 18.1 Å². The third kappa shape index (κ3) is 7.73. The second-order valence-electron chi connectivity index (χ2n) is 13.8. The monoisotopic (exact) mass is 670 g/mol. The summed E-state index contributed by atoms with van der Waals surface area (Å²) in [6.07, 6.45) is 5.96. The molecule has 0 aliphatic carbocycles. The number of nitrogens with one attached hydrogen (secondary N) is 1. The molecular weight excluding hydrogens is 624 g/mol. The van der Waals surface area contributed by atoms with Gasteiger partial charge in [-0.2, -0.15) is 5.10 Å². The number of aryl methyl sites for hydroxylation is 1. The van der Waals surface area contributed by atoms with E-state index in [0.29, 0.717) is 24.5 Å². The average molecular weight is 672 g/mol. The molecular formula is C32H47BrN6O3Si. The number of hydrogen-bond donors (Lipinski definition) is 2. The molecule has 1 fully saturated rings. The minimum absolute atomic E-state index is 0.00683. The number of amides is 1. The number of hydrogen-bond acceptors (Lipinski definition) is 6. The van der Waals surface area contributed by atoms with Crippen molar-refractivity contribution in [3.63, 3.8) is 0 Å². The van der Waals surface area contributed by atoms with Crippen LogP contribution >= 0.6 is 15.9 Å². The van der Waals surface area contributed by atoms with Crippen molar-refractivity contribution >= 4 is 53.1 Å². The molecule has 0 bridgehead atoms. The first-order valence-electron chi connectivity index (χ1n) is 15.1. The van der Waals surface area contributed by atoms with Gasteiger partial charge in [-0.25, -0.2) is 14.3 Å². The number of carbonyl (C=O) groups is 1. The second-order valence-corrected chi connectivity index (χ2v) is 19.4. The molecule has 2 aromatic heterocycles. The highest BCUT2D eigenvalue weighted by atomic mass is 79.9. The van der Waals surface area contributed by atoms with Crippen LogP contribution in [0.15, 0.2) is 46.1 Å². The molecule has 234 valence electrons. The highest BCUT2D eigenvalue weighted by Gasteiger charge is 2.39. The molecule has 0 unspecified atom stereocenters. The molecule has 1 atom stereocenters. The van der Waals surface area contributed by atoms with Gasteiger partial charge in [-0.1, -0.05) is 27.7 Å². The summed E-state index contributed by atoms with van der Waals surface area (Å²) in [4.78, 5) is 19.6. The molecule has 4 rings (SSSR count). The number of aromatic nitrogens is 2. The van der Waals surface area contributed by atoms with Gasteiger partial charge < -0.3 is 25.1 Å². The molecule has 3 heterocycles. The Morgan fingerprint density at radius 3 is 2.58 bits per heavy atom. The first-order valence-corrected chi connectivity index (χ1v) is 18.8. The van der Waals surface area contributed by atoms with Gasteiger partial charge in [-0.15, -0.1) is 0 Å². The molecule has 9 nitrogen and oxygen atoms in total. The Balaban J connectivity index is 1.64. The van der Waals surface area contributed by atoms with Crippen LogP contribution in [0.25, 0.3) is 5.52 Å². The minimum atomic E-state index is -1.98. The second kappa shape index (κ2) is 12.5. The Kier molecular flexibility index (Phi) is 9.56. The van der Waals surface area contributed by atoms with Crippen LogP contribution in [0.1, 0.15) is 72.4 Å². The fourth-order valence-electron chi connectivity index (χ4n) is 4.89. The zero-order chi connectivity index (χ0) is 31.7. The quantitative estimate of drug-likeness (QED) is 0.143. The number of carbonyl (C=O) groups excluding carboxylic acids is 1. The van der Waals surface area contributed by atoms with E-state index < -0.39 is 13.9 Å². The maximum absolute atomic E-state index is 12.9. The summed E-state index contributed by atoms with van der Waals surface area (Å²) in [5, 5.41) is 8.29. The van der Waals surface area contributed by atoms with Crippen LogP contribution in [0.5, 0.6) is 5.75 Å². The smallest absolute Gasteiger partial charge is 0.410 e. The van der Waals surface area contributed by atoms with Gasteiger partial charge in [0.05, 0.1) is 34.7 Å². The summed E-state index contributed by atoms with van der Waals surface area (Å²) < 4.78 is 14.9. The molecule has 11 heteroatoms. The van der Waals surface area contributed by atoms with Gasteiger partial charge in [0.15, 0.2) is 0 Å². The van der Waals surface area contributed by atoms with E-state index in [0.717, 1.165) is 51.9 Å². The summed E-state index contributed by atoms with van der Waals surface area (Å²) in [7, 11) is -1.98. The van der Waals surface area contributed by atoms with Crippen LogP contribution in [0, 0.1) is 0 Å². The van der Waals surface area contributed by atoms with E-state index in [-0.39, 0.29) is 17.2 Å². The number of aliphatic imine (C=N–C) groups is 1. The standard InChI is InChI=1S/C32H47BrN6O3Si/c1-10-21-16-24(42-43(8,9)32(5,6)7)13-14-26(21)37-29(34)25-19-36-39-20-22(33)17-27(39)28(25)35-18-23-12-11-15-38(23)30(40)41-31(2,3)4/h13-14,16-17,19-20,23,35H,10-12,15,18H2,1-9H3,(H2,34,37)/t23-/m0/s1. The maximum Gasteiger partial charge on any atom is 0.410 e. The van der Waals surface area contributed by atoms with Gasteiger partial charge in [0.1, 0.15) is 17.2 Å². The lowest BCUT2D eigenvalue weighted by atomic mass is 10.1. The summed E-state index contributed by atoms with van der Waals surface area (Å²) in [6, 6.07) is 8.05. The molecule has 0 saturated carbocycles. The van der Waals surface area contributed by atoms with Gasteiger partial charge in [-0.05, 0) is 104 Å². The number of nitrogens with zero attached hydrogens (tertiary/aromatic N) is 4. The van der Waals surface area contributed by atoms with Gasteiger partial charge in [0.2, 0.25) is 8.32 Å². The summed E-state index contributed by atoms with van der Waals surface area (Å²) >= 11 is 3.58. The number of anilines is 1. The van der Waals surface area contributed by atoms with Gasteiger partial charge in [0.25, 0.3) is 0 Å². The zero-order valence-electron chi connectivity index (χ0n) is 27.0. The first-order chi connectivity index (χ1) is 20.0. The Labute approximate surface area is 265 Å². The van der Waals surface area contributed by atoms with Crippen LogP contribution < -0.4 is 15.5 Å². The minimum Gasteiger partial charge on any atom is -0.543 e. The van der Waals surface area contributed by atoms with Crippen molar-refractivity contribution in [1.29, 1.82) is 0 Å². The number of halogens is 1.